The van der Waals surface area contributed by atoms with E-state index in [-0.39, 0.29) is 29.3 Å². The number of carbonyl (C=O) groups is 2. The summed E-state index contributed by atoms with van der Waals surface area (Å²) in [6.07, 6.45) is -0.174. The van der Waals surface area contributed by atoms with Gasteiger partial charge in [0.25, 0.3) is 0 Å². The first-order valence-electron chi connectivity index (χ1n) is 8.54. The zero-order valence-electron chi connectivity index (χ0n) is 16.5. The molecule has 0 aliphatic heterocycles. The molecule has 27 heavy (non-hydrogen) atoms. The highest BCUT2D eigenvalue weighted by Crippen LogP contribution is 2.50. The number of aliphatic hydroxyl groups is 2. The van der Waals surface area contributed by atoms with Crippen molar-refractivity contribution in [3.8, 4) is 17.2 Å². The molecule has 1 aliphatic carbocycles. The first-order chi connectivity index (χ1) is 12.6. The Balaban J connectivity index is 2.82. The molecule has 0 spiro atoms. The summed E-state index contributed by atoms with van der Waals surface area (Å²) in [5, 5.41) is 21.3. The van der Waals surface area contributed by atoms with E-state index in [1.807, 2.05) is 0 Å². The zero-order chi connectivity index (χ0) is 20.5. The van der Waals surface area contributed by atoms with Crippen LogP contribution in [0.4, 0.5) is 0 Å². The van der Waals surface area contributed by atoms with E-state index in [1.54, 1.807) is 12.1 Å². The van der Waals surface area contributed by atoms with Gasteiger partial charge in [-0.05, 0) is 38.5 Å². The predicted octanol–water partition coefficient (Wildman–Crippen LogP) is 2.56. The molecule has 1 aliphatic rings. The van der Waals surface area contributed by atoms with Crippen LogP contribution in [0, 0.1) is 5.92 Å². The number of Topliss-reactive ketones (excluding diaryl/α,β-unsaturated/α-hetero) is 2. The molecule has 7 heteroatoms. The van der Waals surface area contributed by atoms with Gasteiger partial charge in [0.1, 0.15) is 11.5 Å². The lowest BCUT2D eigenvalue weighted by Gasteiger charge is -2.42. The predicted molar refractivity (Wildman–Crippen MR) is 98.6 cm³/mol. The standard InChI is InChI=1S/C20H26O7/c1-10(21)16-13(23)9-20(3,24)18(11(2)22)17(16)12-7-14(25-4)19(27-6)15(8-12)26-5/h7-8,17-18,23-24H,9H2,1-6H3/t17-,18-,20-/m0/s1. The average molecular weight is 378 g/mol. The lowest BCUT2D eigenvalue weighted by atomic mass is 9.64. The topological polar surface area (TPSA) is 102 Å². The number of allylic oxidation sites excluding steroid dienone is 1. The molecule has 1 aromatic carbocycles. The molecule has 2 N–H and O–H groups in total. The summed E-state index contributed by atoms with van der Waals surface area (Å²) < 4.78 is 16.0. The van der Waals surface area contributed by atoms with Crippen LogP contribution in [0.15, 0.2) is 23.5 Å². The summed E-state index contributed by atoms with van der Waals surface area (Å²) >= 11 is 0. The Labute approximate surface area is 158 Å². The largest absolute Gasteiger partial charge is 0.512 e. The third-order valence-electron chi connectivity index (χ3n) is 5.01. The molecule has 148 valence electrons. The van der Waals surface area contributed by atoms with Crippen molar-refractivity contribution in [3.05, 3.63) is 29.0 Å². The second kappa shape index (κ2) is 7.60. The maximum Gasteiger partial charge on any atom is 0.203 e. The number of methoxy groups -OCH3 is 3. The molecule has 0 fully saturated rings. The molecular formula is C20H26O7. The highest BCUT2D eigenvalue weighted by Gasteiger charge is 2.49. The minimum absolute atomic E-state index is 0.107. The van der Waals surface area contributed by atoms with Crippen molar-refractivity contribution < 1.29 is 34.0 Å². The van der Waals surface area contributed by atoms with Gasteiger partial charge in [0.2, 0.25) is 5.75 Å². The van der Waals surface area contributed by atoms with Crippen LogP contribution < -0.4 is 14.2 Å². The number of ketones is 2. The van der Waals surface area contributed by atoms with Crippen LogP contribution in [0.1, 0.15) is 38.7 Å². The molecule has 2 rings (SSSR count). The van der Waals surface area contributed by atoms with Gasteiger partial charge in [0, 0.05) is 17.9 Å². The van der Waals surface area contributed by atoms with Crippen molar-refractivity contribution in [1.82, 2.24) is 0 Å². The van der Waals surface area contributed by atoms with Gasteiger partial charge in [0.05, 0.1) is 32.8 Å². The van der Waals surface area contributed by atoms with Gasteiger partial charge in [-0.25, -0.2) is 0 Å². The molecule has 1 aromatic rings. The smallest absolute Gasteiger partial charge is 0.203 e. The third-order valence-corrected chi connectivity index (χ3v) is 5.01. The number of hydrogen-bond acceptors (Lipinski definition) is 7. The Morgan fingerprint density at radius 1 is 1.07 bits per heavy atom. The molecule has 7 nitrogen and oxygen atoms in total. The number of benzene rings is 1. The molecule has 0 aromatic heterocycles. The normalized spacial score (nSPS) is 25.1. The van der Waals surface area contributed by atoms with Crippen LogP contribution in [0.5, 0.6) is 17.2 Å². The van der Waals surface area contributed by atoms with E-state index in [2.05, 4.69) is 0 Å². The number of aliphatic hydroxyl groups excluding tert-OH is 1. The zero-order valence-corrected chi connectivity index (χ0v) is 16.5. The van der Waals surface area contributed by atoms with Gasteiger partial charge in [-0.1, -0.05) is 0 Å². The molecule has 3 atom stereocenters. The minimum Gasteiger partial charge on any atom is -0.512 e. The first-order valence-corrected chi connectivity index (χ1v) is 8.54. The number of rotatable bonds is 6. The lowest BCUT2D eigenvalue weighted by Crippen LogP contribution is -2.47. The SMILES string of the molecule is COc1cc([C@H]2C(C(C)=O)=C(O)C[C@](C)(O)[C@H]2C(C)=O)cc(OC)c1OC. The molecule has 0 unspecified atom stereocenters. The molecule has 0 saturated carbocycles. The summed E-state index contributed by atoms with van der Waals surface area (Å²) in [6.45, 7) is 4.18. The van der Waals surface area contributed by atoms with E-state index in [4.69, 9.17) is 14.2 Å². The van der Waals surface area contributed by atoms with E-state index in [9.17, 15) is 19.8 Å². The molecule has 0 radical (unpaired) electrons. The fourth-order valence-electron chi connectivity index (χ4n) is 3.98. The van der Waals surface area contributed by atoms with E-state index in [1.165, 1.54) is 42.1 Å². The summed E-state index contributed by atoms with van der Waals surface area (Å²) in [5.41, 5.74) is -0.905. The van der Waals surface area contributed by atoms with Crippen molar-refractivity contribution in [2.75, 3.05) is 21.3 Å². The van der Waals surface area contributed by atoms with E-state index >= 15 is 0 Å². The van der Waals surface area contributed by atoms with E-state index in [0.29, 0.717) is 22.8 Å². The molecular weight excluding hydrogens is 352 g/mol. The monoisotopic (exact) mass is 378 g/mol. The Bertz CT molecular complexity index is 767. The second-order valence-electron chi connectivity index (χ2n) is 6.98. The number of ether oxygens (including phenoxy) is 3. The Morgan fingerprint density at radius 3 is 1.96 bits per heavy atom. The number of hydrogen-bond donors (Lipinski definition) is 2. The number of carbonyl (C=O) groups excluding carboxylic acids is 2. The van der Waals surface area contributed by atoms with Gasteiger partial charge in [-0.3, -0.25) is 9.59 Å². The van der Waals surface area contributed by atoms with Crippen LogP contribution in [0.25, 0.3) is 0 Å². The highest BCUT2D eigenvalue weighted by atomic mass is 16.5. The highest BCUT2D eigenvalue weighted by molar-refractivity contribution is 5.97. The van der Waals surface area contributed by atoms with Crippen molar-refractivity contribution in [2.45, 2.75) is 38.7 Å². The summed E-state index contributed by atoms with van der Waals surface area (Å²) in [4.78, 5) is 24.7. The van der Waals surface area contributed by atoms with Crippen LogP contribution >= 0.6 is 0 Å². The fourth-order valence-corrected chi connectivity index (χ4v) is 3.98. The molecule has 0 heterocycles. The van der Waals surface area contributed by atoms with Gasteiger partial charge in [-0.15, -0.1) is 0 Å². The maximum atomic E-state index is 12.4. The van der Waals surface area contributed by atoms with Crippen molar-refractivity contribution in [1.29, 1.82) is 0 Å². The summed E-state index contributed by atoms with van der Waals surface area (Å²) in [7, 11) is 4.38. The Kier molecular flexibility index (Phi) is 5.85. The quantitative estimate of drug-likeness (QED) is 0.784. The van der Waals surface area contributed by atoms with Gasteiger partial charge in [0.15, 0.2) is 17.3 Å². The third kappa shape index (κ3) is 3.64. The molecule has 0 bridgehead atoms. The molecule has 0 amide bonds. The van der Waals surface area contributed by atoms with Crippen molar-refractivity contribution in [2.24, 2.45) is 5.92 Å². The van der Waals surface area contributed by atoms with Gasteiger partial charge < -0.3 is 24.4 Å². The lowest BCUT2D eigenvalue weighted by molar-refractivity contribution is -0.132. The minimum atomic E-state index is -1.51. The Morgan fingerprint density at radius 2 is 1.59 bits per heavy atom. The summed E-state index contributed by atoms with van der Waals surface area (Å²) in [5.74, 6) is -1.58. The van der Waals surface area contributed by atoms with Crippen molar-refractivity contribution in [3.63, 3.8) is 0 Å². The maximum absolute atomic E-state index is 12.4. The van der Waals surface area contributed by atoms with Crippen molar-refractivity contribution >= 4 is 11.6 Å². The molecule has 0 saturated heterocycles. The van der Waals surface area contributed by atoms with Crippen LogP contribution in [0.2, 0.25) is 0 Å². The van der Waals surface area contributed by atoms with Gasteiger partial charge in [-0.2, -0.15) is 0 Å². The summed E-state index contributed by atoms with van der Waals surface area (Å²) in [6, 6.07) is 3.25. The average Bonchev–Trinajstić information content (AvgIpc) is 2.57. The van der Waals surface area contributed by atoms with Crippen LogP contribution in [-0.2, 0) is 9.59 Å². The second-order valence-corrected chi connectivity index (χ2v) is 6.98. The fraction of sp³-hybridized carbons (Fsp3) is 0.500. The van der Waals surface area contributed by atoms with Crippen LogP contribution in [0.3, 0.4) is 0 Å². The Hall–Kier alpha value is -2.54. The van der Waals surface area contributed by atoms with E-state index < -0.39 is 17.4 Å². The van der Waals surface area contributed by atoms with Crippen LogP contribution in [-0.4, -0.2) is 48.7 Å². The van der Waals surface area contributed by atoms with Gasteiger partial charge >= 0.3 is 0 Å². The van der Waals surface area contributed by atoms with E-state index in [0.717, 1.165) is 0 Å². The first kappa shape index (κ1) is 20.8.